The van der Waals surface area contributed by atoms with Crippen LogP contribution in [0.5, 0.6) is 0 Å². The molecule has 1 aromatic carbocycles. The second kappa shape index (κ2) is 7.05. The zero-order chi connectivity index (χ0) is 15.3. The molecule has 2 N–H and O–H groups in total. The molecule has 0 aliphatic carbocycles. The molecule has 1 aromatic rings. The third-order valence-electron chi connectivity index (χ3n) is 4.50. The van der Waals surface area contributed by atoms with Crippen LogP contribution >= 0.6 is 0 Å². The zero-order valence-electron chi connectivity index (χ0n) is 13.2. The summed E-state index contributed by atoms with van der Waals surface area (Å²) in [5.41, 5.74) is 1.87. The number of benzene rings is 1. The van der Waals surface area contributed by atoms with E-state index in [0.717, 1.165) is 18.4 Å². The predicted molar refractivity (Wildman–Crippen MR) is 84.4 cm³/mol. The lowest BCUT2D eigenvalue weighted by Gasteiger charge is -2.37. The summed E-state index contributed by atoms with van der Waals surface area (Å²) >= 11 is 0. The highest BCUT2D eigenvalue weighted by atomic mass is 16.5. The van der Waals surface area contributed by atoms with Gasteiger partial charge in [0.05, 0.1) is 5.41 Å². The van der Waals surface area contributed by atoms with Crippen LogP contribution in [-0.2, 0) is 14.9 Å². The van der Waals surface area contributed by atoms with E-state index in [2.05, 4.69) is 36.6 Å². The summed E-state index contributed by atoms with van der Waals surface area (Å²) in [5, 5.41) is 6.26. The van der Waals surface area contributed by atoms with Crippen LogP contribution in [0.2, 0.25) is 0 Å². The first-order valence-electron chi connectivity index (χ1n) is 7.69. The molecule has 116 valence electrons. The van der Waals surface area contributed by atoms with E-state index in [4.69, 9.17) is 4.74 Å². The summed E-state index contributed by atoms with van der Waals surface area (Å²) < 4.78 is 5.49. The monoisotopic (exact) mass is 290 g/mol. The third kappa shape index (κ3) is 3.44. The molecule has 21 heavy (non-hydrogen) atoms. The number of hydrogen-bond acceptors (Lipinski definition) is 3. The Hall–Kier alpha value is -1.39. The van der Waals surface area contributed by atoms with Crippen molar-refractivity contribution in [1.82, 2.24) is 10.6 Å². The molecule has 4 heteroatoms. The molecule has 0 saturated carbocycles. The van der Waals surface area contributed by atoms with E-state index < -0.39 is 5.41 Å². The van der Waals surface area contributed by atoms with E-state index >= 15 is 0 Å². The summed E-state index contributed by atoms with van der Waals surface area (Å²) in [6.07, 6.45) is 1.50. The summed E-state index contributed by atoms with van der Waals surface area (Å²) in [5.74, 6) is 0.127. The van der Waals surface area contributed by atoms with Crippen molar-refractivity contribution in [2.45, 2.75) is 38.1 Å². The maximum atomic E-state index is 12.9. The molecule has 1 heterocycles. The normalized spacial score (nSPS) is 19.0. The molecule has 1 atom stereocenters. The molecule has 0 radical (unpaired) electrons. The van der Waals surface area contributed by atoms with Gasteiger partial charge in [-0.3, -0.25) is 4.79 Å². The first-order chi connectivity index (χ1) is 10.1. The minimum atomic E-state index is -0.447. The zero-order valence-corrected chi connectivity index (χ0v) is 13.2. The van der Waals surface area contributed by atoms with Crippen molar-refractivity contribution in [2.75, 3.05) is 26.8 Å². The summed E-state index contributed by atoms with van der Waals surface area (Å²) in [4.78, 5) is 12.9. The van der Waals surface area contributed by atoms with Gasteiger partial charge in [0.15, 0.2) is 0 Å². The molecule has 0 spiro atoms. The van der Waals surface area contributed by atoms with Crippen LogP contribution in [-0.4, -0.2) is 38.8 Å². The third-order valence-corrected chi connectivity index (χ3v) is 4.50. The van der Waals surface area contributed by atoms with Crippen LogP contribution in [0.1, 0.15) is 30.9 Å². The molecule has 1 unspecified atom stereocenters. The molecule has 4 nitrogen and oxygen atoms in total. The van der Waals surface area contributed by atoms with E-state index in [1.165, 1.54) is 5.56 Å². The minimum Gasteiger partial charge on any atom is -0.381 e. The molecule has 0 bridgehead atoms. The lowest BCUT2D eigenvalue weighted by Crippen LogP contribution is -2.50. The number of likely N-dealkylation sites (N-methyl/N-ethyl adjacent to an activating group) is 1. The first-order valence-corrected chi connectivity index (χ1v) is 7.69. The van der Waals surface area contributed by atoms with Crippen LogP contribution in [0.25, 0.3) is 0 Å². The molecule has 1 fully saturated rings. The summed E-state index contributed by atoms with van der Waals surface area (Å²) in [6.45, 7) is 6.07. The van der Waals surface area contributed by atoms with Crippen LogP contribution in [0.4, 0.5) is 0 Å². The standard InChI is InChI=1S/C17H26N2O2/c1-13-6-4-5-7-15(13)17(8-10-21-11-9-17)16(20)19-12-14(2)18-3/h4-7,14,18H,8-12H2,1-3H3,(H,19,20). The van der Waals surface area contributed by atoms with Gasteiger partial charge in [-0.1, -0.05) is 24.3 Å². The Kier molecular flexibility index (Phi) is 5.37. The van der Waals surface area contributed by atoms with Gasteiger partial charge in [0, 0.05) is 25.8 Å². The second-order valence-electron chi connectivity index (χ2n) is 5.91. The molecule has 1 saturated heterocycles. The number of nitrogens with one attached hydrogen (secondary N) is 2. The predicted octanol–water partition coefficient (Wildman–Crippen LogP) is 1.77. The van der Waals surface area contributed by atoms with Gasteiger partial charge in [0.1, 0.15) is 0 Å². The van der Waals surface area contributed by atoms with E-state index in [1.54, 1.807) is 0 Å². The van der Waals surface area contributed by atoms with Crippen molar-refractivity contribution in [3.63, 3.8) is 0 Å². The maximum absolute atomic E-state index is 12.9. The fraction of sp³-hybridized carbons (Fsp3) is 0.588. The SMILES string of the molecule is CNC(C)CNC(=O)C1(c2ccccc2C)CCOCC1. The van der Waals surface area contributed by atoms with Gasteiger partial charge in [-0.25, -0.2) is 0 Å². The fourth-order valence-electron chi connectivity index (χ4n) is 2.97. The highest BCUT2D eigenvalue weighted by Gasteiger charge is 2.42. The van der Waals surface area contributed by atoms with Crippen molar-refractivity contribution in [3.05, 3.63) is 35.4 Å². The van der Waals surface area contributed by atoms with Gasteiger partial charge in [0.25, 0.3) is 0 Å². The van der Waals surface area contributed by atoms with Crippen molar-refractivity contribution in [3.8, 4) is 0 Å². The first kappa shape index (κ1) is 16.0. The Morgan fingerprint density at radius 1 is 1.33 bits per heavy atom. The number of carbonyl (C=O) groups is 1. The topological polar surface area (TPSA) is 50.4 Å². The number of amides is 1. The number of ether oxygens (including phenoxy) is 1. The average Bonchev–Trinajstić information content (AvgIpc) is 2.53. The quantitative estimate of drug-likeness (QED) is 0.869. The minimum absolute atomic E-state index is 0.127. The molecular weight excluding hydrogens is 264 g/mol. The van der Waals surface area contributed by atoms with E-state index in [-0.39, 0.29) is 11.9 Å². The van der Waals surface area contributed by atoms with Gasteiger partial charge in [0.2, 0.25) is 5.91 Å². The van der Waals surface area contributed by atoms with Crippen LogP contribution in [0.15, 0.2) is 24.3 Å². The molecule has 1 aliphatic heterocycles. The number of aryl methyl sites for hydroxylation is 1. The number of hydrogen-bond donors (Lipinski definition) is 2. The fourth-order valence-corrected chi connectivity index (χ4v) is 2.97. The lowest BCUT2D eigenvalue weighted by atomic mass is 9.71. The van der Waals surface area contributed by atoms with Crippen molar-refractivity contribution in [2.24, 2.45) is 0 Å². The van der Waals surface area contributed by atoms with Gasteiger partial charge >= 0.3 is 0 Å². The van der Waals surface area contributed by atoms with Crippen molar-refractivity contribution in [1.29, 1.82) is 0 Å². The van der Waals surface area contributed by atoms with E-state index in [9.17, 15) is 4.79 Å². The molecule has 1 amide bonds. The summed E-state index contributed by atoms with van der Waals surface area (Å²) in [6, 6.07) is 8.47. The highest BCUT2D eigenvalue weighted by Crippen LogP contribution is 2.36. The number of carbonyl (C=O) groups excluding carboxylic acids is 1. The van der Waals surface area contributed by atoms with Crippen molar-refractivity contribution >= 4 is 5.91 Å². The Bertz CT molecular complexity index is 481. The molecule has 2 rings (SSSR count). The Balaban J connectivity index is 2.25. The van der Waals surface area contributed by atoms with Gasteiger partial charge in [-0.2, -0.15) is 0 Å². The van der Waals surface area contributed by atoms with Gasteiger partial charge < -0.3 is 15.4 Å². The van der Waals surface area contributed by atoms with E-state index in [1.807, 2.05) is 19.2 Å². The maximum Gasteiger partial charge on any atom is 0.230 e. The van der Waals surface area contributed by atoms with Gasteiger partial charge in [-0.05, 0) is 44.9 Å². The highest BCUT2D eigenvalue weighted by molar-refractivity contribution is 5.88. The lowest BCUT2D eigenvalue weighted by molar-refractivity contribution is -0.130. The largest absolute Gasteiger partial charge is 0.381 e. The summed E-state index contributed by atoms with van der Waals surface area (Å²) in [7, 11) is 1.91. The smallest absolute Gasteiger partial charge is 0.230 e. The average molecular weight is 290 g/mol. The molecular formula is C17H26N2O2. The number of rotatable bonds is 5. The molecule has 1 aliphatic rings. The molecule has 0 aromatic heterocycles. The Labute approximate surface area is 127 Å². The Morgan fingerprint density at radius 2 is 2.00 bits per heavy atom. The van der Waals surface area contributed by atoms with Crippen LogP contribution < -0.4 is 10.6 Å². The van der Waals surface area contributed by atoms with E-state index in [0.29, 0.717) is 19.8 Å². The second-order valence-corrected chi connectivity index (χ2v) is 5.91. The van der Waals surface area contributed by atoms with Gasteiger partial charge in [-0.15, -0.1) is 0 Å². The Morgan fingerprint density at radius 3 is 2.62 bits per heavy atom. The van der Waals surface area contributed by atoms with Crippen LogP contribution in [0.3, 0.4) is 0 Å². The van der Waals surface area contributed by atoms with Crippen LogP contribution in [0, 0.1) is 6.92 Å². The van der Waals surface area contributed by atoms with Crippen molar-refractivity contribution < 1.29 is 9.53 Å².